The molecule has 1 saturated heterocycles. The third kappa shape index (κ3) is 7.34. The number of urea groups is 1. The van der Waals surface area contributed by atoms with Gasteiger partial charge in [0.15, 0.2) is 0 Å². The molecule has 0 atom stereocenters. The molecule has 1 N–H and O–H groups in total. The van der Waals surface area contributed by atoms with Crippen molar-refractivity contribution >= 4 is 11.7 Å². The lowest BCUT2D eigenvalue weighted by atomic mass is 10.0. The number of carbonyl (C=O) groups is 1. The summed E-state index contributed by atoms with van der Waals surface area (Å²) in [6.45, 7) is 2.74. The molecule has 3 aromatic rings. The Kier molecular flexibility index (Phi) is 8.47. The van der Waals surface area contributed by atoms with Gasteiger partial charge in [-0.25, -0.2) is 4.79 Å². The van der Waals surface area contributed by atoms with E-state index in [4.69, 9.17) is 5.26 Å². The topological polar surface area (TPSA) is 59.4 Å². The molecule has 0 aliphatic carbocycles. The van der Waals surface area contributed by atoms with Crippen molar-refractivity contribution in [2.75, 3.05) is 25.0 Å². The SMILES string of the molecule is N#Cc1cccc(CN2CCC(N(CCc3ccccc3)C(=O)Nc3cccc(C(F)(F)F)c3)CC2)c1. The number of nitrogens with zero attached hydrogens (tertiary/aromatic N) is 3. The monoisotopic (exact) mass is 506 g/mol. The van der Waals surface area contributed by atoms with Crippen molar-refractivity contribution in [3.8, 4) is 6.07 Å². The second kappa shape index (κ2) is 11.9. The van der Waals surface area contributed by atoms with Crippen LogP contribution in [0.4, 0.5) is 23.7 Å². The Labute approximate surface area is 215 Å². The van der Waals surface area contributed by atoms with Crippen LogP contribution in [0.25, 0.3) is 0 Å². The van der Waals surface area contributed by atoms with Crippen molar-refractivity contribution in [1.82, 2.24) is 9.80 Å². The van der Waals surface area contributed by atoms with Gasteiger partial charge >= 0.3 is 12.2 Å². The molecule has 1 heterocycles. The van der Waals surface area contributed by atoms with Crippen molar-refractivity contribution in [2.45, 2.75) is 38.0 Å². The Morgan fingerprint density at radius 3 is 2.38 bits per heavy atom. The third-order valence-electron chi connectivity index (χ3n) is 6.65. The molecule has 1 aliphatic heterocycles. The summed E-state index contributed by atoms with van der Waals surface area (Å²) in [5, 5.41) is 11.8. The highest BCUT2D eigenvalue weighted by molar-refractivity contribution is 5.89. The van der Waals surface area contributed by atoms with Gasteiger partial charge < -0.3 is 10.2 Å². The lowest BCUT2D eigenvalue weighted by Gasteiger charge is -2.38. The third-order valence-corrected chi connectivity index (χ3v) is 6.65. The Morgan fingerprint density at radius 2 is 1.68 bits per heavy atom. The number of nitrogens with one attached hydrogen (secondary N) is 1. The van der Waals surface area contributed by atoms with Gasteiger partial charge in [-0.05, 0) is 60.7 Å². The van der Waals surface area contributed by atoms with Crippen molar-refractivity contribution in [3.05, 3.63) is 101 Å². The standard InChI is InChI=1S/C29H29F3N4O/c30-29(31,32)25-10-5-11-26(19-25)34-28(37)36(17-12-22-6-2-1-3-7-22)27-13-15-35(16-14-27)21-24-9-4-8-23(18-24)20-33/h1-11,18-19,27H,12-17,21H2,(H,34,37). The van der Waals surface area contributed by atoms with Crippen LogP contribution in [0.1, 0.15) is 35.1 Å². The zero-order chi connectivity index (χ0) is 26.3. The van der Waals surface area contributed by atoms with Crippen LogP contribution in [-0.4, -0.2) is 41.5 Å². The summed E-state index contributed by atoms with van der Waals surface area (Å²) in [5.74, 6) is 0. The molecule has 3 aromatic carbocycles. The van der Waals surface area contributed by atoms with Gasteiger partial charge in [-0.3, -0.25) is 4.90 Å². The van der Waals surface area contributed by atoms with E-state index >= 15 is 0 Å². The number of hydrogen-bond donors (Lipinski definition) is 1. The van der Waals surface area contributed by atoms with Crippen LogP contribution in [0.15, 0.2) is 78.9 Å². The van der Waals surface area contributed by atoms with Gasteiger partial charge in [0, 0.05) is 37.9 Å². The lowest BCUT2D eigenvalue weighted by molar-refractivity contribution is -0.137. The number of rotatable bonds is 7. The van der Waals surface area contributed by atoms with Crippen LogP contribution in [0, 0.1) is 11.3 Å². The van der Waals surface area contributed by atoms with Crippen LogP contribution < -0.4 is 5.32 Å². The molecule has 8 heteroatoms. The maximum Gasteiger partial charge on any atom is 0.416 e. The second-order valence-corrected chi connectivity index (χ2v) is 9.26. The van der Waals surface area contributed by atoms with Gasteiger partial charge in [0.25, 0.3) is 0 Å². The molecule has 2 amide bonds. The molecule has 0 bridgehead atoms. The van der Waals surface area contributed by atoms with Crippen molar-refractivity contribution in [2.24, 2.45) is 0 Å². The van der Waals surface area contributed by atoms with E-state index in [1.54, 1.807) is 11.0 Å². The van der Waals surface area contributed by atoms with Gasteiger partial charge in [-0.15, -0.1) is 0 Å². The van der Waals surface area contributed by atoms with Gasteiger partial charge in [0.05, 0.1) is 17.2 Å². The molecular formula is C29H29F3N4O. The summed E-state index contributed by atoms with van der Waals surface area (Å²) >= 11 is 0. The first kappa shape index (κ1) is 26.2. The summed E-state index contributed by atoms with van der Waals surface area (Å²) in [5.41, 5.74) is 2.12. The highest BCUT2D eigenvalue weighted by Crippen LogP contribution is 2.31. The Bertz CT molecular complexity index is 1230. The molecule has 0 unspecified atom stereocenters. The highest BCUT2D eigenvalue weighted by atomic mass is 19.4. The summed E-state index contributed by atoms with van der Waals surface area (Å²) in [6.07, 6.45) is -2.32. The van der Waals surface area contributed by atoms with E-state index in [1.165, 1.54) is 12.1 Å². The Balaban J connectivity index is 1.43. The summed E-state index contributed by atoms with van der Waals surface area (Å²) in [4.78, 5) is 17.4. The molecule has 1 aliphatic rings. The summed E-state index contributed by atoms with van der Waals surface area (Å²) in [6, 6.07) is 23.8. The largest absolute Gasteiger partial charge is 0.416 e. The maximum absolute atomic E-state index is 13.3. The quantitative estimate of drug-likeness (QED) is 0.408. The van der Waals surface area contributed by atoms with E-state index in [9.17, 15) is 18.0 Å². The van der Waals surface area contributed by atoms with Crippen molar-refractivity contribution < 1.29 is 18.0 Å². The number of likely N-dealkylation sites (tertiary alicyclic amines) is 1. The Hall–Kier alpha value is -3.83. The first-order chi connectivity index (χ1) is 17.8. The fraction of sp³-hybridized carbons (Fsp3) is 0.310. The average Bonchev–Trinajstić information content (AvgIpc) is 2.90. The smallest absolute Gasteiger partial charge is 0.321 e. The van der Waals surface area contributed by atoms with E-state index in [0.717, 1.165) is 55.7 Å². The van der Waals surface area contributed by atoms with Gasteiger partial charge in [0.2, 0.25) is 0 Å². The number of alkyl halides is 3. The van der Waals surface area contributed by atoms with Crippen LogP contribution in [0.5, 0.6) is 0 Å². The number of piperidine rings is 1. The van der Waals surface area contributed by atoms with Crippen molar-refractivity contribution in [1.29, 1.82) is 5.26 Å². The number of halogens is 3. The van der Waals surface area contributed by atoms with Crippen LogP contribution in [0.3, 0.4) is 0 Å². The van der Waals surface area contributed by atoms with Gasteiger partial charge in [-0.2, -0.15) is 18.4 Å². The number of anilines is 1. The van der Waals surface area contributed by atoms with Crippen LogP contribution in [0.2, 0.25) is 0 Å². The minimum Gasteiger partial charge on any atom is -0.321 e. The van der Waals surface area contributed by atoms with E-state index in [1.807, 2.05) is 48.5 Å². The molecule has 1 fully saturated rings. The molecule has 5 nitrogen and oxygen atoms in total. The number of carbonyl (C=O) groups excluding carboxylic acids is 1. The van der Waals surface area contributed by atoms with Crippen molar-refractivity contribution in [3.63, 3.8) is 0 Å². The second-order valence-electron chi connectivity index (χ2n) is 9.26. The molecule has 0 saturated carbocycles. The van der Waals surface area contributed by atoms with E-state index in [-0.39, 0.29) is 11.7 Å². The van der Waals surface area contributed by atoms with E-state index < -0.39 is 17.8 Å². The molecule has 0 radical (unpaired) electrons. The number of nitriles is 1. The predicted molar refractivity (Wildman–Crippen MR) is 137 cm³/mol. The average molecular weight is 507 g/mol. The zero-order valence-electron chi connectivity index (χ0n) is 20.4. The number of benzene rings is 3. The molecule has 0 spiro atoms. The zero-order valence-corrected chi connectivity index (χ0v) is 20.4. The van der Waals surface area contributed by atoms with Crippen LogP contribution in [-0.2, 0) is 19.1 Å². The minimum absolute atomic E-state index is 0.0313. The summed E-state index contributed by atoms with van der Waals surface area (Å²) in [7, 11) is 0. The first-order valence-electron chi connectivity index (χ1n) is 12.3. The van der Waals surface area contributed by atoms with Crippen LogP contribution >= 0.6 is 0 Å². The van der Waals surface area contributed by atoms with E-state index in [0.29, 0.717) is 18.5 Å². The minimum atomic E-state index is -4.48. The number of amides is 2. The lowest BCUT2D eigenvalue weighted by Crippen LogP contribution is -2.49. The first-order valence-corrected chi connectivity index (χ1v) is 12.3. The molecular weight excluding hydrogens is 477 g/mol. The Morgan fingerprint density at radius 1 is 0.973 bits per heavy atom. The van der Waals surface area contributed by atoms with Gasteiger partial charge in [-0.1, -0.05) is 48.5 Å². The number of hydrogen-bond acceptors (Lipinski definition) is 3. The normalized spacial score (nSPS) is 14.6. The fourth-order valence-corrected chi connectivity index (χ4v) is 4.70. The maximum atomic E-state index is 13.3. The summed E-state index contributed by atoms with van der Waals surface area (Å²) < 4.78 is 39.5. The highest BCUT2D eigenvalue weighted by Gasteiger charge is 2.31. The molecule has 192 valence electrons. The molecule has 0 aromatic heterocycles. The molecule has 4 rings (SSSR count). The fourth-order valence-electron chi connectivity index (χ4n) is 4.70. The molecule has 37 heavy (non-hydrogen) atoms. The predicted octanol–water partition coefficient (Wildman–Crippen LogP) is 6.32. The van der Waals surface area contributed by atoms with E-state index in [2.05, 4.69) is 16.3 Å². The van der Waals surface area contributed by atoms with Gasteiger partial charge in [0.1, 0.15) is 0 Å².